The number of thiazole rings is 1. The molecule has 0 N–H and O–H groups in total. The van der Waals surface area contributed by atoms with Gasteiger partial charge < -0.3 is 14.0 Å². The molecule has 0 amide bonds. The quantitative estimate of drug-likeness (QED) is 0.565. The topological polar surface area (TPSA) is 104 Å². The van der Waals surface area contributed by atoms with Crippen molar-refractivity contribution in [1.29, 1.82) is 0 Å². The average Bonchev–Trinajstić information content (AvgIpc) is 3.03. The maximum Gasteiger partial charge on any atom is 0.337 e. The molecule has 0 aliphatic carbocycles. The normalized spacial score (nSPS) is 12.2. The van der Waals surface area contributed by atoms with E-state index in [9.17, 15) is 22.4 Å². The number of nitrogens with zero attached hydrogens (tertiary/aromatic N) is 2. The molecule has 0 radical (unpaired) electrons. The first-order chi connectivity index (χ1) is 13.7. The van der Waals surface area contributed by atoms with E-state index >= 15 is 0 Å². The molecule has 29 heavy (non-hydrogen) atoms. The molecule has 0 aliphatic heterocycles. The van der Waals surface area contributed by atoms with Gasteiger partial charge in [0.1, 0.15) is 12.4 Å². The van der Waals surface area contributed by atoms with Gasteiger partial charge in [0.05, 0.1) is 34.9 Å². The van der Waals surface area contributed by atoms with Gasteiger partial charge in [-0.25, -0.2) is 9.18 Å². The molecule has 0 aliphatic rings. The Labute approximate surface area is 168 Å². The summed E-state index contributed by atoms with van der Waals surface area (Å²) < 4.78 is 53.4. The second-order valence-corrected chi connectivity index (χ2v) is 8.35. The molecule has 0 unspecified atom stereocenters. The SMILES string of the molecule is COC(=O)Cn1/c(=N/S(=O)(=O)c2ccc(F)cc2)sc2cc(C(=O)OC)ccc21. The monoisotopic (exact) mass is 438 g/mol. The fourth-order valence-electron chi connectivity index (χ4n) is 2.50. The summed E-state index contributed by atoms with van der Waals surface area (Å²) in [5.74, 6) is -1.75. The number of hydrogen-bond donors (Lipinski definition) is 0. The summed E-state index contributed by atoms with van der Waals surface area (Å²) in [6.07, 6.45) is 0. The molecule has 0 fully saturated rings. The van der Waals surface area contributed by atoms with E-state index in [4.69, 9.17) is 0 Å². The lowest BCUT2D eigenvalue weighted by atomic mass is 10.2. The zero-order valence-corrected chi connectivity index (χ0v) is 16.9. The van der Waals surface area contributed by atoms with Crippen molar-refractivity contribution >= 4 is 43.5 Å². The summed E-state index contributed by atoms with van der Waals surface area (Å²) in [5.41, 5.74) is 0.750. The molecule has 0 atom stereocenters. The number of carbonyl (C=O) groups excluding carboxylic acids is 2. The lowest BCUT2D eigenvalue weighted by Gasteiger charge is -2.04. The number of halogens is 1. The summed E-state index contributed by atoms with van der Waals surface area (Å²) >= 11 is 0.971. The summed E-state index contributed by atoms with van der Waals surface area (Å²) in [6.45, 7) is -0.286. The highest BCUT2D eigenvalue weighted by Gasteiger charge is 2.17. The van der Waals surface area contributed by atoms with Crippen LogP contribution in [0.15, 0.2) is 51.8 Å². The number of esters is 2. The van der Waals surface area contributed by atoms with E-state index in [1.54, 1.807) is 6.07 Å². The molecule has 0 spiro atoms. The van der Waals surface area contributed by atoms with Crippen LogP contribution in [0, 0.1) is 5.82 Å². The van der Waals surface area contributed by atoms with Crippen molar-refractivity contribution in [2.24, 2.45) is 4.40 Å². The third-order valence-electron chi connectivity index (χ3n) is 3.93. The summed E-state index contributed by atoms with van der Waals surface area (Å²) in [7, 11) is -1.72. The molecule has 152 valence electrons. The molecule has 1 aromatic heterocycles. The first kappa shape index (κ1) is 20.7. The summed E-state index contributed by atoms with van der Waals surface area (Å²) in [6, 6.07) is 8.79. The molecule has 8 nitrogen and oxygen atoms in total. The molecule has 3 rings (SSSR count). The highest BCUT2D eigenvalue weighted by atomic mass is 32.2. The largest absolute Gasteiger partial charge is 0.468 e. The molecule has 0 bridgehead atoms. The van der Waals surface area contributed by atoms with Crippen LogP contribution in [0.4, 0.5) is 4.39 Å². The van der Waals surface area contributed by atoms with Crippen LogP contribution in [0.3, 0.4) is 0 Å². The maximum atomic E-state index is 13.1. The van der Waals surface area contributed by atoms with Gasteiger partial charge >= 0.3 is 11.9 Å². The van der Waals surface area contributed by atoms with Gasteiger partial charge in [-0.3, -0.25) is 4.79 Å². The first-order valence-corrected chi connectivity index (χ1v) is 10.4. The Kier molecular flexibility index (Phi) is 5.80. The second-order valence-electron chi connectivity index (χ2n) is 5.74. The molecular formula is C18H15FN2O6S2. The zero-order chi connectivity index (χ0) is 21.2. The van der Waals surface area contributed by atoms with Crippen LogP contribution in [0.1, 0.15) is 10.4 Å². The minimum atomic E-state index is -4.17. The van der Waals surface area contributed by atoms with Crippen molar-refractivity contribution in [1.82, 2.24) is 4.57 Å². The van der Waals surface area contributed by atoms with Crippen molar-refractivity contribution in [3.63, 3.8) is 0 Å². The minimum Gasteiger partial charge on any atom is -0.468 e. The van der Waals surface area contributed by atoms with Gasteiger partial charge in [-0.15, -0.1) is 4.40 Å². The van der Waals surface area contributed by atoms with Crippen LogP contribution in [0.25, 0.3) is 10.2 Å². The second kappa shape index (κ2) is 8.13. The Balaban J connectivity index is 2.22. The standard InChI is InChI=1S/C18H15FN2O6S2/c1-26-16(22)10-21-14-8-3-11(17(23)27-2)9-15(14)28-18(21)20-29(24,25)13-6-4-12(19)5-7-13/h3-9H,10H2,1-2H3/b20-18-. The number of hydrogen-bond acceptors (Lipinski definition) is 7. The lowest BCUT2D eigenvalue weighted by Crippen LogP contribution is -2.22. The summed E-state index contributed by atoms with van der Waals surface area (Å²) in [5, 5.41) is 0. The number of aromatic nitrogens is 1. The molecule has 2 aromatic carbocycles. The van der Waals surface area contributed by atoms with Gasteiger partial charge in [-0.1, -0.05) is 11.3 Å². The van der Waals surface area contributed by atoms with Crippen LogP contribution in [0.2, 0.25) is 0 Å². The smallest absolute Gasteiger partial charge is 0.337 e. The lowest BCUT2D eigenvalue weighted by molar-refractivity contribution is -0.141. The van der Waals surface area contributed by atoms with Crippen LogP contribution in [0.5, 0.6) is 0 Å². The molecular weight excluding hydrogens is 423 g/mol. The third-order valence-corrected chi connectivity index (χ3v) is 6.37. The van der Waals surface area contributed by atoms with E-state index in [0.717, 1.165) is 35.6 Å². The van der Waals surface area contributed by atoms with Gasteiger partial charge in [-0.2, -0.15) is 8.42 Å². The van der Waals surface area contributed by atoms with Gasteiger partial charge in [0, 0.05) is 0 Å². The first-order valence-electron chi connectivity index (χ1n) is 8.10. The molecule has 11 heteroatoms. The fourth-order valence-corrected chi connectivity index (χ4v) is 4.77. The van der Waals surface area contributed by atoms with E-state index in [2.05, 4.69) is 13.9 Å². The van der Waals surface area contributed by atoms with E-state index < -0.39 is 27.8 Å². The van der Waals surface area contributed by atoms with E-state index in [0.29, 0.717) is 10.2 Å². The highest BCUT2D eigenvalue weighted by Crippen LogP contribution is 2.21. The van der Waals surface area contributed by atoms with E-state index in [1.807, 2.05) is 0 Å². The number of benzene rings is 2. The minimum absolute atomic E-state index is 0.00302. The Morgan fingerprint density at radius 2 is 1.79 bits per heavy atom. The molecule has 3 aromatic rings. The number of fused-ring (bicyclic) bond motifs is 1. The number of methoxy groups -OCH3 is 2. The number of carbonyl (C=O) groups is 2. The van der Waals surface area contributed by atoms with E-state index in [1.165, 1.54) is 30.9 Å². The number of ether oxygens (including phenoxy) is 2. The van der Waals surface area contributed by atoms with Crippen LogP contribution >= 0.6 is 11.3 Å². The zero-order valence-electron chi connectivity index (χ0n) is 15.3. The maximum absolute atomic E-state index is 13.1. The number of sulfonamides is 1. The van der Waals surface area contributed by atoms with Crippen molar-refractivity contribution in [3.8, 4) is 0 Å². The third kappa shape index (κ3) is 4.35. The molecule has 0 saturated carbocycles. The van der Waals surface area contributed by atoms with Gasteiger partial charge in [0.2, 0.25) is 4.80 Å². The Hall–Kier alpha value is -3.05. The predicted molar refractivity (Wildman–Crippen MR) is 102 cm³/mol. The van der Waals surface area contributed by atoms with Crippen LogP contribution < -0.4 is 4.80 Å². The van der Waals surface area contributed by atoms with Crippen molar-refractivity contribution < 1.29 is 31.9 Å². The van der Waals surface area contributed by atoms with E-state index in [-0.39, 0.29) is 21.8 Å². The number of rotatable bonds is 5. The van der Waals surface area contributed by atoms with Crippen LogP contribution in [-0.4, -0.2) is 39.1 Å². The van der Waals surface area contributed by atoms with Gasteiger partial charge in [-0.05, 0) is 42.5 Å². The Morgan fingerprint density at radius 3 is 2.41 bits per heavy atom. The van der Waals surface area contributed by atoms with Crippen LogP contribution in [-0.2, 0) is 30.8 Å². The Morgan fingerprint density at radius 1 is 1.10 bits per heavy atom. The van der Waals surface area contributed by atoms with Gasteiger partial charge in [0.25, 0.3) is 10.0 Å². The van der Waals surface area contributed by atoms with Crippen molar-refractivity contribution in [2.45, 2.75) is 11.4 Å². The van der Waals surface area contributed by atoms with Crippen molar-refractivity contribution in [3.05, 3.63) is 58.6 Å². The predicted octanol–water partition coefficient (Wildman–Crippen LogP) is 2.09. The molecule has 1 heterocycles. The highest BCUT2D eigenvalue weighted by molar-refractivity contribution is 7.90. The van der Waals surface area contributed by atoms with Gasteiger partial charge in [0.15, 0.2) is 0 Å². The fraction of sp³-hybridized carbons (Fsp3) is 0.167. The molecule has 0 saturated heterocycles. The average molecular weight is 438 g/mol. The summed E-state index contributed by atoms with van der Waals surface area (Å²) in [4.78, 5) is 23.4. The Bertz CT molecular complexity index is 1260. The van der Waals surface area contributed by atoms with Crippen molar-refractivity contribution in [2.75, 3.05) is 14.2 Å².